The molecule has 1 atom stereocenters. The minimum absolute atomic E-state index is 0.0797. The number of para-hydroxylation sites is 1. The van der Waals surface area contributed by atoms with Crippen LogP contribution < -0.4 is 10.2 Å². The normalized spacial score (nSPS) is 19.8. The first-order valence-electron chi connectivity index (χ1n) is 11.3. The van der Waals surface area contributed by atoms with E-state index in [9.17, 15) is 9.59 Å². The first kappa shape index (κ1) is 21.4. The lowest BCUT2D eigenvalue weighted by molar-refractivity contribution is -0.122. The zero-order chi connectivity index (χ0) is 21.5. The van der Waals surface area contributed by atoms with Crippen LogP contribution in [-0.2, 0) is 4.79 Å². The monoisotopic (exact) mass is 420 g/mol. The quantitative estimate of drug-likeness (QED) is 0.780. The maximum Gasteiger partial charge on any atom is 0.253 e. The van der Waals surface area contributed by atoms with Crippen LogP contribution in [0.5, 0.6) is 0 Å². The van der Waals surface area contributed by atoms with Gasteiger partial charge in [-0.2, -0.15) is 0 Å². The van der Waals surface area contributed by atoms with Crippen LogP contribution in [0.1, 0.15) is 23.2 Å². The number of anilines is 1. The lowest BCUT2D eigenvalue weighted by atomic mass is 10.1. The van der Waals surface area contributed by atoms with E-state index in [4.69, 9.17) is 0 Å². The van der Waals surface area contributed by atoms with E-state index in [1.165, 1.54) is 5.69 Å². The van der Waals surface area contributed by atoms with Gasteiger partial charge in [-0.25, -0.2) is 0 Å². The molecule has 6 heteroatoms. The summed E-state index contributed by atoms with van der Waals surface area (Å²) in [5, 5.41) is 3.14. The van der Waals surface area contributed by atoms with Crippen LogP contribution in [0.25, 0.3) is 0 Å². The molecule has 2 fully saturated rings. The Labute approximate surface area is 184 Å². The third-order valence-electron chi connectivity index (χ3n) is 6.26. The summed E-state index contributed by atoms with van der Waals surface area (Å²) in [4.78, 5) is 31.7. The highest BCUT2D eigenvalue weighted by Gasteiger charge is 2.24. The Morgan fingerprint density at radius 3 is 2.39 bits per heavy atom. The minimum atomic E-state index is 0.0797. The lowest BCUT2D eigenvalue weighted by Gasteiger charge is -2.22. The molecule has 0 spiro atoms. The summed E-state index contributed by atoms with van der Waals surface area (Å²) in [6.07, 6.45) is 2.00. The van der Waals surface area contributed by atoms with Crippen molar-refractivity contribution in [3.05, 3.63) is 66.2 Å². The predicted molar refractivity (Wildman–Crippen MR) is 123 cm³/mol. The number of carbonyl (C=O) groups excluding carboxylic acids is 2. The molecule has 31 heavy (non-hydrogen) atoms. The van der Waals surface area contributed by atoms with Crippen molar-refractivity contribution in [3.8, 4) is 0 Å². The number of benzene rings is 2. The van der Waals surface area contributed by atoms with Crippen molar-refractivity contribution in [2.24, 2.45) is 5.92 Å². The molecule has 2 aliphatic rings. The highest BCUT2D eigenvalue weighted by atomic mass is 16.2. The van der Waals surface area contributed by atoms with Gasteiger partial charge in [0.05, 0.1) is 6.54 Å². The van der Waals surface area contributed by atoms with E-state index in [2.05, 4.69) is 39.4 Å². The summed E-state index contributed by atoms with van der Waals surface area (Å²) in [6, 6.07) is 19.9. The van der Waals surface area contributed by atoms with Crippen LogP contribution in [0.4, 0.5) is 5.69 Å². The molecule has 2 aromatic carbocycles. The second-order valence-corrected chi connectivity index (χ2v) is 8.53. The lowest BCUT2D eigenvalue weighted by Crippen LogP contribution is -2.41. The second kappa shape index (κ2) is 10.4. The number of rotatable bonds is 6. The molecular formula is C25H32N4O2. The number of amides is 2. The maximum absolute atomic E-state index is 12.7. The van der Waals surface area contributed by atoms with E-state index in [0.717, 1.165) is 57.7 Å². The van der Waals surface area contributed by atoms with Gasteiger partial charge in [0.25, 0.3) is 5.91 Å². The molecule has 1 unspecified atom stereocenters. The molecule has 164 valence electrons. The van der Waals surface area contributed by atoms with E-state index in [1.54, 1.807) is 0 Å². The summed E-state index contributed by atoms with van der Waals surface area (Å²) < 4.78 is 0. The highest BCUT2D eigenvalue weighted by Crippen LogP contribution is 2.22. The highest BCUT2D eigenvalue weighted by molar-refractivity contribution is 5.94. The molecule has 0 aromatic heterocycles. The Bertz CT molecular complexity index is 858. The predicted octanol–water partition coefficient (Wildman–Crippen LogP) is 2.48. The van der Waals surface area contributed by atoms with Gasteiger partial charge in [-0.3, -0.25) is 14.5 Å². The second-order valence-electron chi connectivity index (χ2n) is 8.53. The van der Waals surface area contributed by atoms with E-state index >= 15 is 0 Å². The molecule has 4 rings (SSSR count). The van der Waals surface area contributed by atoms with Crippen LogP contribution in [0.3, 0.4) is 0 Å². The van der Waals surface area contributed by atoms with E-state index in [1.807, 2.05) is 41.3 Å². The van der Waals surface area contributed by atoms with Crippen LogP contribution in [-0.4, -0.2) is 74.0 Å². The van der Waals surface area contributed by atoms with Gasteiger partial charge in [0.1, 0.15) is 0 Å². The van der Waals surface area contributed by atoms with Crippen molar-refractivity contribution < 1.29 is 9.59 Å². The number of nitrogens with zero attached hydrogens (tertiary/aromatic N) is 3. The summed E-state index contributed by atoms with van der Waals surface area (Å²) in [5.74, 6) is 0.657. The van der Waals surface area contributed by atoms with Crippen LogP contribution >= 0.6 is 0 Å². The van der Waals surface area contributed by atoms with Gasteiger partial charge in [-0.1, -0.05) is 36.4 Å². The van der Waals surface area contributed by atoms with E-state index in [-0.39, 0.29) is 11.8 Å². The van der Waals surface area contributed by atoms with Crippen molar-refractivity contribution in [2.75, 3.05) is 57.3 Å². The fourth-order valence-electron chi connectivity index (χ4n) is 4.49. The van der Waals surface area contributed by atoms with Gasteiger partial charge >= 0.3 is 0 Å². The largest absolute Gasteiger partial charge is 0.371 e. The molecule has 0 saturated carbocycles. The molecular weight excluding hydrogens is 388 g/mol. The smallest absolute Gasteiger partial charge is 0.253 e. The number of hydrogen-bond acceptors (Lipinski definition) is 4. The van der Waals surface area contributed by atoms with Gasteiger partial charge in [-0.15, -0.1) is 0 Å². The van der Waals surface area contributed by atoms with Gasteiger partial charge < -0.3 is 15.1 Å². The third-order valence-corrected chi connectivity index (χ3v) is 6.26. The SMILES string of the molecule is O=C(CN1CCCN(C(=O)c2ccccc2)CC1)NCC1CCN(c2ccccc2)C1. The van der Waals surface area contributed by atoms with Crippen molar-refractivity contribution in [1.82, 2.24) is 15.1 Å². The maximum atomic E-state index is 12.7. The van der Waals surface area contributed by atoms with Crippen molar-refractivity contribution in [2.45, 2.75) is 12.8 Å². The zero-order valence-electron chi connectivity index (χ0n) is 18.1. The Morgan fingerprint density at radius 1 is 0.871 bits per heavy atom. The average molecular weight is 421 g/mol. The van der Waals surface area contributed by atoms with Gasteiger partial charge in [-0.05, 0) is 43.0 Å². The summed E-state index contributed by atoms with van der Waals surface area (Å²) in [5.41, 5.74) is 1.99. The zero-order valence-corrected chi connectivity index (χ0v) is 18.1. The third kappa shape index (κ3) is 5.85. The Morgan fingerprint density at radius 2 is 1.61 bits per heavy atom. The first-order valence-corrected chi connectivity index (χ1v) is 11.3. The number of hydrogen-bond donors (Lipinski definition) is 1. The van der Waals surface area contributed by atoms with Gasteiger partial charge in [0, 0.05) is 57.1 Å². The summed E-state index contributed by atoms with van der Waals surface area (Å²) in [7, 11) is 0. The Kier molecular flexibility index (Phi) is 7.20. The van der Waals surface area contributed by atoms with Gasteiger partial charge in [0.2, 0.25) is 5.91 Å². The molecule has 0 radical (unpaired) electrons. The Hall–Kier alpha value is -2.86. The standard InChI is InChI=1S/C25H32N4O2/c30-24(26-18-21-12-15-29(19-21)23-10-5-2-6-11-23)20-27-13-7-14-28(17-16-27)25(31)22-8-3-1-4-9-22/h1-6,8-11,21H,7,12-20H2,(H,26,30). The van der Waals surface area contributed by atoms with Crippen molar-refractivity contribution >= 4 is 17.5 Å². The van der Waals surface area contributed by atoms with Gasteiger partial charge in [0.15, 0.2) is 0 Å². The topological polar surface area (TPSA) is 55.9 Å². The number of nitrogens with one attached hydrogen (secondary N) is 1. The van der Waals surface area contributed by atoms with Crippen LogP contribution in [0, 0.1) is 5.92 Å². The molecule has 2 heterocycles. The molecule has 0 aliphatic carbocycles. The molecule has 2 amide bonds. The molecule has 2 aliphatic heterocycles. The van der Waals surface area contributed by atoms with E-state index < -0.39 is 0 Å². The van der Waals surface area contributed by atoms with Crippen molar-refractivity contribution in [3.63, 3.8) is 0 Å². The fraction of sp³-hybridized carbons (Fsp3) is 0.440. The first-order chi connectivity index (χ1) is 15.2. The number of carbonyl (C=O) groups is 2. The van der Waals surface area contributed by atoms with E-state index in [0.29, 0.717) is 19.0 Å². The summed E-state index contributed by atoms with van der Waals surface area (Å²) >= 11 is 0. The van der Waals surface area contributed by atoms with Crippen molar-refractivity contribution in [1.29, 1.82) is 0 Å². The molecule has 6 nitrogen and oxygen atoms in total. The molecule has 0 bridgehead atoms. The van der Waals surface area contributed by atoms with Crippen LogP contribution in [0.2, 0.25) is 0 Å². The van der Waals surface area contributed by atoms with Crippen LogP contribution in [0.15, 0.2) is 60.7 Å². The molecule has 2 aromatic rings. The fourth-order valence-corrected chi connectivity index (χ4v) is 4.49. The molecule has 2 saturated heterocycles. The minimum Gasteiger partial charge on any atom is -0.371 e. The Balaban J connectivity index is 1.19. The average Bonchev–Trinajstić information content (AvgIpc) is 3.18. The molecule has 1 N–H and O–H groups in total. The summed E-state index contributed by atoms with van der Waals surface area (Å²) in [6.45, 7) is 6.15.